The number of nitrogens with one attached hydrogen (secondary N) is 6. The fourth-order valence-electron chi connectivity index (χ4n) is 8.19. The van der Waals surface area contributed by atoms with Crippen molar-refractivity contribution in [1.29, 1.82) is 0 Å². The predicted molar refractivity (Wildman–Crippen MR) is 227 cm³/mol. The molecule has 3 aliphatic heterocycles. The summed E-state index contributed by atoms with van der Waals surface area (Å²) < 4.78 is 9.60. The number of nitrogens with zero attached hydrogens (tertiary/aromatic N) is 5. The van der Waals surface area contributed by atoms with Gasteiger partial charge >= 0.3 is 12.2 Å². The van der Waals surface area contributed by atoms with Gasteiger partial charge in [0.2, 0.25) is 17.7 Å². The van der Waals surface area contributed by atoms with Crippen LogP contribution in [0.3, 0.4) is 0 Å². The largest absolute Gasteiger partial charge is 0.453 e. The van der Waals surface area contributed by atoms with Crippen molar-refractivity contribution in [3.8, 4) is 22.5 Å². The molecule has 6 N–H and O–H groups in total. The van der Waals surface area contributed by atoms with E-state index >= 15 is 0 Å². The normalized spacial score (nSPS) is 19.9. The van der Waals surface area contributed by atoms with E-state index in [0.717, 1.165) is 58.0 Å². The summed E-state index contributed by atoms with van der Waals surface area (Å²) in [5, 5.41) is 11.9. The van der Waals surface area contributed by atoms with E-state index in [-0.39, 0.29) is 36.6 Å². The van der Waals surface area contributed by atoms with Gasteiger partial charge in [-0.15, -0.1) is 0 Å². The molecule has 0 bridgehead atoms. The molecule has 18 nitrogen and oxygen atoms in total. The van der Waals surface area contributed by atoms with Gasteiger partial charge in [-0.2, -0.15) is 0 Å². The van der Waals surface area contributed by atoms with Gasteiger partial charge in [-0.1, -0.05) is 44.2 Å². The van der Waals surface area contributed by atoms with Crippen LogP contribution < -0.4 is 21.3 Å². The van der Waals surface area contributed by atoms with Gasteiger partial charge in [0.15, 0.2) is 0 Å². The third-order valence-corrected chi connectivity index (χ3v) is 11.4. The van der Waals surface area contributed by atoms with Crippen LogP contribution in [0, 0.1) is 5.92 Å². The molecule has 4 atom stereocenters. The molecule has 0 spiro atoms. The number of carbonyl (C=O) groups excluding carboxylic acids is 5. The number of aromatic nitrogens is 4. The van der Waals surface area contributed by atoms with Gasteiger partial charge in [0.1, 0.15) is 23.7 Å². The maximum Gasteiger partial charge on any atom is 0.409 e. The number of benzene rings is 2. The SMILES string of the molecule is COC(=O)NC1CCC(=O)NCCCC(c2ncc(-c3ccc(C4=Nc5ccc(-c6cnc(C7CCCN7C(=O)C(C(C)C)N(C)C(=O)OC)[nH]6)cc5NC4)cc3)[nH]2)NC1=O. The van der Waals surface area contributed by atoms with Gasteiger partial charge in [0.05, 0.1) is 73.7 Å². The number of fused-ring (bicyclic) bond motifs is 1. The minimum Gasteiger partial charge on any atom is -0.453 e. The van der Waals surface area contributed by atoms with E-state index in [1.54, 1.807) is 19.4 Å². The molecular weight excluding hydrogens is 783 g/mol. The minimum absolute atomic E-state index is 0.0866. The van der Waals surface area contributed by atoms with E-state index in [4.69, 9.17) is 14.7 Å². The molecule has 0 radical (unpaired) electrons. The third kappa shape index (κ3) is 9.53. The molecule has 5 amide bonds. The Bertz CT molecular complexity index is 2280. The van der Waals surface area contributed by atoms with Gasteiger partial charge in [-0.05, 0) is 61.3 Å². The maximum atomic E-state index is 13.8. The first-order valence-corrected chi connectivity index (χ1v) is 20.6. The van der Waals surface area contributed by atoms with E-state index in [0.29, 0.717) is 44.1 Å². The zero-order chi connectivity index (χ0) is 43.2. The Kier molecular flexibility index (Phi) is 13.0. The van der Waals surface area contributed by atoms with Crippen molar-refractivity contribution < 1.29 is 33.4 Å². The molecule has 3 aliphatic rings. The number of amides is 5. The summed E-state index contributed by atoms with van der Waals surface area (Å²) in [6, 6.07) is 11.7. The number of hydrogen-bond donors (Lipinski definition) is 6. The van der Waals surface area contributed by atoms with E-state index < -0.39 is 36.2 Å². The van der Waals surface area contributed by atoms with E-state index in [9.17, 15) is 24.0 Å². The topological polar surface area (TPSA) is 228 Å². The van der Waals surface area contributed by atoms with E-state index in [1.807, 2.05) is 61.2 Å². The highest BCUT2D eigenvalue weighted by Gasteiger charge is 2.40. The first kappa shape index (κ1) is 42.4. The smallest absolute Gasteiger partial charge is 0.409 e. The number of ether oxygens (including phenoxy) is 2. The van der Waals surface area contributed by atoms with Gasteiger partial charge in [0, 0.05) is 32.1 Å². The fraction of sp³-hybridized carbons (Fsp3) is 0.442. The lowest BCUT2D eigenvalue weighted by atomic mass is 10.0. The molecule has 0 saturated carbocycles. The van der Waals surface area contributed by atoms with Crippen LogP contribution in [-0.2, 0) is 23.9 Å². The maximum absolute atomic E-state index is 13.8. The Morgan fingerprint density at radius 3 is 2.31 bits per heavy atom. The van der Waals surface area contributed by atoms with Crippen LogP contribution in [0.4, 0.5) is 21.0 Å². The van der Waals surface area contributed by atoms with Crippen LogP contribution in [0.25, 0.3) is 22.5 Å². The van der Waals surface area contributed by atoms with Crippen LogP contribution in [0.1, 0.15) is 81.7 Å². The number of imidazole rings is 2. The predicted octanol–water partition coefficient (Wildman–Crippen LogP) is 4.97. The summed E-state index contributed by atoms with van der Waals surface area (Å²) in [5.41, 5.74) is 6.95. The lowest BCUT2D eigenvalue weighted by molar-refractivity contribution is -0.138. The molecule has 2 fully saturated rings. The van der Waals surface area contributed by atoms with Crippen molar-refractivity contribution in [3.63, 3.8) is 0 Å². The molecule has 4 unspecified atom stereocenters. The number of alkyl carbamates (subject to hydrolysis) is 1. The first-order chi connectivity index (χ1) is 29.4. The summed E-state index contributed by atoms with van der Waals surface area (Å²) in [7, 11) is 4.13. The lowest BCUT2D eigenvalue weighted by Crippen LogP contribution is -2.51. The molecule has 2 saturated heterocycles. The molecular formula is C43H53N11O7. The average Bonchev–Trinajstić information content (AvgIpc) is 4.07. The average molecular weight is 836 g/mol. The van der Waals surface area contributed by atoms with Crippen molar-refractivity contribution in [1.82, 2.24) is 45.7 Å². The molecule has 322 valence electrons. The standard InChI is InChI=1S/C43H53N11O7/c1-24(2)37(53(3)43(59)61-5)41(57)54-19-7-9-35(54)39-47-23-34(50-39)27-14-15-28-31(20-27)45-21-32(48-28)25-10-12-26(13-11-25)33-22-46-38(49-33)29-8-6-18-44-36(55)17-16-30(40(56)51-29)52-42(58)60-4/h10-15,20,22-24,29-30,35,37,45H,6-9,16-19,21H2,1-5H3,(H,44,55)(H,46,49)(H,47,50)(H,51,56)(H,52,58). The first-order valence-electron chi connectivity index (χ1n) is 20.6. The van der Waals surface area contributed by atoms with E-state index in [1.165, 1.54) is 19.1 Å². The van der Waals surface area contributed by atoms with Crippen LogP contribution >= 0.6 is 0 Å². The zero-order valence-corrected chi connectivity index (χ0v) is 35.0. The summed E-state index contributed by atoms with van der Waals surface area (Å²) >= 11 is 0. The summed E-state index contributed by atoms with van der Waals surface area (Å²) in [5.74, 6) is 0.430. The molecule has 18 heteroatoms. The second kappa shape index (κ2) is 18.7. The van der Waals surface area contributed by atoms with Crippen LogP contribution in [-0.4, -0.2) is 118 Å². The number of rotatable bonds is 9. The molecule has 7 rings (SSSR count). The van der Waals surface area contributed by atoms with Gasteiger partial charge in [-0.3, -0.25) is 19.3 Å². The van der Waals surface area contributed by atoms with Crippen molar-refractivity contribution in [2.75, 3.05) is 46.2 Å². The molecule has 0 aliphatic carbocycles. The highest BCUT2D eigenvalue weighted by Crippen LogP contribution is 2.36. The number of H-pyrrole nitrogens is 2. The number of aliphatic imine (C=N–C) groups is 1. The van der Waals surface area contributed by atoms with Gasteiger partial charge in [-0.25, -0.2) is 24.5 Å². The molecule has 5 heterocycles. The zero-order valence-electron chi connectivity index (χ0n) is 35.0. The summed E-state index contributed by atoms with van der Waals surface area (Å²) in [6.07, 6.45) is 5.15. The quantitative estimate of drug-likeness (QED) is 0.133. The number of carbonyl (C=O) groups is 5. The highest BCUT2D eigenvalue weighted by atomic mass is 16.5. The van der Waals surface area contributed by atoms with E-state index in [2.05, 4.69) is 41.0 Å². The number of aromatic amines is 2. The second-order valence-electron chi connectivity index (χ2n) is 15.8. The Morgan fingerprint density at radius 2 is 1.57 bits per heavy atom. The molecule has 2 aromatic carbocycles. The Morgan fingerprint density at radius 1 is 0.869 bits per heavy atom. The van der Waals surface area contributed by atoms with Crippen molar-refractivity contribution >= 4 is 47.0 Å². The van der Waals surface area contributed by atoms with Crippen molar-refractivity contribution in [2.24, 2.45) is 10.9 Å². The number of anilines is 1. The monoisotopic (exact) mass is 835 g/mol. The summed E-state index contributed by atoms with van der Waals surface area (Å²) in [4.78, 5) is 87.9. The third-order valence-electron chi connectivity index (χ3n) is 11.4. The number of methoxy groups -OCH3 is 2. The molecule has 61 heavy (non-hydrogen) atoms. The second-order valence-corrected chi connectivity index (χ2v) is 15.8. The van der Waals surface area contributed by atoms with Crippen LogP contribution in [0.5, 0.6) is 0 Å². The van der Waals surface area contributed by atoms with Crippen molar-refractivity contribution in [2.45, 2.75) is 76.5 Å². The Balaban J connectivity index is 1.02. The van der Waals surface area contributed by atoms with Gasteiger partial charge < -0.3 is 45.6 Å². The number of likely N-dealkylation sites (N-methyl/N-ethyl adjacent to an activating group) is 1. The highest BCUT2D eigenvalue weighted by molar-refractivity contribution is 6.07. The Labute approximate surface area is 353 Å². The van der Waals surface area contributed by atoms with Crippen LogP contribution in [0.15, 0.2) is 59.9 Å². The Hall–Kier alpha value is -6.72. The summed E-state index contributed by atoms with van der Waals surface area (Å²) in [6.45, 7) is 5.40. The molecule has 4 aromatic rings. The number of hydrogen-bond acceptors (Lipinski definition) is 11. The fourth-order valence-corrected chi connectivity index (χ4v) is 8.19. The minimum atomic E-state index is -0.946. The lowest BCUT2D eigenvalue weighted by Gasteiger charge is -2.34. The van der Waals surface area contributed by atoms with Crippen LogP contribution in [0.2, 0.25) is 0 Å². The van der Waals surface area contributed by atoms with Gasteiger partial charge in [0.25, 0.3) is 0 Å². The number of likely N-dealkylation sites (tertiary alicyclic amines) is 1. The van der Waals surface area contributed by atoms with Crippen molar-refractivity contribution in [3.05, 3.63) is 72.1 Å². The molecule has 2 aromatic heterocycles.